The molecule has 1 aliphatic heterocycles. The van der Waals surface area contributed by atoms with E-state index < -0.39 is 6.28 Å². The van der Waals surface area contributed by atoms with Crippen molar-refractivity contribution >= 4 is 18.2 Å². The summed E-state index contributed by atoms with van der Waals surface area (Å²) in [6.07, 6.45) is 5.88. The van der Waals surface area contributed by atoms with Crippen molar-refractivity contribution in [3.05, 3.63) is 35.4 Å². The van der Waals surface area contributed by atoms with Gasteiger partial charge in [0.05, 0.1) is 12.3 Å². The number of nitrogens with one attached hydrogen (secondary N) is 1. The van der Waals surface area contributed by atoms with Gasteiger partial charge in [-0.05, 0) is 0 Å². The minimum absolute atomic E-state index is 0.337. The molecule has 0 aromatic carbocycles. The van der Waals surface area contributed by atoms with Crippen LogP contribution in [0.15, 0.2) is 29.8 Å². The van der Waals surface area contributed by atoms with Crippen LogP contribution in [-0.2, 0) is 5.11 Å². The number of hydrogen-bond acceptors (Lipinski definition) is 1. The molecular weight excluding hydrogens is 255 g/mol. The van der Waals surface area contributed by atoms with Crippen LogP contribution in [0.4, 0.5) is 0 Å². The van der Waals surface area contributed by atoms with Crippen molar-refractivity contribution in [2.24, 2.45) is 0 Å². The Morgan fingerprint density at radius 1 is 1.45 bits per heavy atom. The van der Waals surface area contributed by atoms with Gasteiger partial charge in [0.15, 0.2) is 5.82 Å². The third kappa shape index (κ3) is 1.32. The Labute approximate surface area is 116 Å². The van der Waals surface area contributed by atoms with Gasteiger partial charge in [0, 0.05) is 0 Å². The Hall–Kier alpha value is -2.31. The number of imidazole rings is 1. The van der Waals surface area contributed by atoms with E-state index in [9.17, 15) is 9.90 Å². The molecule has 0 amide bonds. The van der Waals surface area contributed by atoms with E-state index in [-0.39, 0.29) is 11.6 Å². The van der Waals surface area contributed by atoms with Crippen LogP contribution in [0.1, 0.15) is 13.8 Å². The zero-order valence-electron chi connectivity index (χ0n) is 11.7. The van der Waals surface area contributed by atoms with Gasteiger partial charge in [0.2, 0.25) is 0 Å². The Morgan fingerprint density at radius 3 is 2.75 bits per heavy atom. The van der Waals surface area contributed by atoms with Crippen LogP contribution in [0.5, 0.6) is 6.01 Å². The zero-order chi connectivity index (χ0) is 14.5. The Morgan fingerprint density at radius 2 is 2.15 bits per heavy atom. The first-order chi connectivity index (χ1) is 9.58. The van der Waals surface area contributed by atoms with Gasteiger partial charge in [-0.2, -0.15) is 0 Å². The molecule has 0 atom stereocenters. The number of H-pyrrole nitrogens is 1. The van der Waals surface area contributed by atoms with Gasteiger partial charge in [-0.15, -0.1) is 12.6 Å². The molecule has 2 aromatic heterocycles. The quantitative estimate of drug-likeness (QED) is 0.622. The van der Waals surface area contributed by atoms with Crippen LogP contribution in [-0.4, -0.2) is 15.8 Å². The fourth-order valence-electron chi connectivity index (χ4n) is 3.59. The predicted molar refractivity (Wildman–Crippen MR) is 75.0 cm³/mol. The van der Waals surface area contributed by atoms with E-state index in [4.69, 9.17) is 0 Å². The SMILES string of the molecule is C=C[n+]1ccn2c1[B-](CC)(CC)[n+]1c-2cc(=O)[nH]c1[O]. The third-order valence-electron chi connectivity index (χ3n) is 4.61. The van der Waals surface area contributed by atoms with Gasteiger partial charge in [0.25, 0.3) is 6.28 Å². The highest BCUT2D eigenvalue weighted by Crippen LogP contribution is 2.21. The summed E-state index contributed by atoms with van der Waals surface area (Å²) < 4.78 is 5.60. The first kappa shape index (κ1) is 12.7. The number of aromatic amines is 1. The Bertz CT molecular complexity index is 758. The van der Waals surface area contributed by atoms with Crippen molar-refractivity contribution in [3.8, 4) is 11.8 Å². The maximum atomic E-state index is 12.3. The number of fused-ring (bicyclic) bond motifs is 3. The molecule has 1 N–H and O–H groups in total. The molecule has 7 heteroatoms. The normalized spacial score (nSPS) is 14.9. The molecule has 0 bridgehead atoms. The van der Waals surface area contributed by atoms with Crippen molar-refractivity contribution < 1.29 is 14.2 Å². The van der Waals surface area contributed by atoms with Gasteiger partial charge in [-0.3, -0.25) is 4.79 Å². The van der Waals surface area contributed by atoms with Crippen LogP contribution >= 0.6 is 0 Å². The van der Waals surface area contributed by atoms with Gasteiger partial charge < -0.3 is 4.48 Å². The van der Waals surface area contributed by atoms with Crippen LogP contribution < -0.4 is 20.3 Å². The molecule has 0 aliphatic carbocycles. The molecular formula is C13H17BN4O2+. The Balaban J connectivity index is 2.48. The van der Waals surface area contributed by atoms with Crippen molar-refractivity contribution in [1.82, 2.24) is 9.55 Å². The van der Waals surface area contributed by atoms with Crippen LogP contribution in [0.2, 0.25) is 12.6 Å². The maximum absolute atomic E-state index is 12.3. The number of hydrogen-bond donors (Lipinski definition) is 1. The molecule has 0 spiro atoms. The summed E-state index contributed by atoms with van der Waals surface area (Å²) in [6.45, 7) is 7.96. The van der Waals surface area contributed by atoms with E-state index in [1.807, 2.05) is 21.5 Å². The molecule has 0 saturated heterocycles. The average Bonchev–Trinajstić information content (AvgIpc) is 2.96. The van der Waals surface area contributed by atoms with Crippen molar-refractivity contribution in [2.75, 3.05) is 0 Å². The standard InChI is InChI=1S/C13H16BN4O2/c1-4-14(5-2)12-16(6-3)7-8-17(12)11-9-10(19)15-13(20)18(11)14/h6-9H,3-5H2,1-2H3/p+1. The maximum Gasteiger partial charge on any atom is 0.399 e. The fraction of sp³-hybridized carbons (Fsp3) is 0.308. The molecule has 103 valence electrons. The van der Waals surface area contributed by atoms with Crippen LogP contribution in [0.3, 0.4) is 0 Å². The smallest absolute Gasteiger partial charge is 0.377 e. The van der Waals surface area contributed by atoms with E-state index in [0.29, 0.717) is 5.82 Å². The molecule has 1 radical (unpaired) electrons. The number of aromatic nitrogens is 4. The lowest BCUT2D eigenvalue weighted by molar-refractivity contribution is -0.571. The summed E-state index contributed by atoms with van der Waals surface area (Å²) in [6, 6.07) is 1.14. The summed E-state index contributed by atoms with van der Waals surface area (Å²) in [5.41, 5.74) is 0.644. The van der Waals surface area contributed by atoms with Crippen LogP contribution in [0.25, 0.3) is 12.0 Å². The zero-order valence-corrected chi connectivity index (χ0v) is 11.7. The van der Waals surface area contributed by atoms with E-state index in [0.717, 1.165) is 18.4 Å². The highest BCUT2D eigenvalue weighted by Gasteiger charge is 2.48. The second-order valence-corrected chi connectivity index (χ2v) is 5.29. The van der Waals surface area contributed by atoms with Crippen molar-refractivity contribution in [3.63, 3.8) is 0 Å². The average molecular weight is 272 g/mol. The van der Waals surface area contributed by atoms with Crippen LogP contribution in [0, 0.1) is 0 Å². The topological polar surface area (TPSA) is 65.4 Å². The molecule has 6 nitrogen and oxygen atoms in total. The van der Waals surface area contributed by atoms with E-state index >= 15 is 0 Å². The predicted octanol–water partition coefficient (Wildman–Crippen LogP) is 0.0389. The van der Waals surface area contributed by atoms with Crippen molar-refractivity contribution in [1.29, 1.82) is 0 Å². The summed E-state index contributed by atoms with van der Waals surface area (Å²) in [7, 11) is 0. The van der Waals surface area contributed by atoms with Gasteiger partial charge in [-0.1, -0.05) is 20.4 Å². The van der Waals surface area contributed by atoms with Crippen molar-refractivity contribution in [2.45, 2.75) is 26.5 Å². The third-order valence-corrected chi connectivity index (χ3v) is 4.61. The monoisotopic (exact) mass is 272 g/mol. The summed E-state index contributed by atoms with van der Waals surface area (Å²) in [4.78, 5) is 14.0. The highest BCUT2D eigenvalue weighted by molar-refractivity contribution is 6.83. The lowest BCUT2D eigenvalue weighted by atomic mass is 9.31. The molecule has 0 unspecified atom stereocenters. The van der Waals surface area contributed by atoms with Gasteiger partial charge in [0.1, 0.15) is 18.1 Å². The first-order valence-corrected chi connectivity index (χ1v) is 6.90. The molecule has 1 aliphatic rings. The minimum Gasteiger partial charge on any atom is -0.377 e. The van der Waals surface area contributed by atoms with E-state index in [1.54, 1.807) is 10.7 Å². The van der Waals surface area contributed by atoms with Gasteiger partial charge >= 0.3 is 11.6 Å². The number of nitrogens with zero attached hydrogens (tertiary/aromatic N) is 3. The molecule has 0 fully saturated rings. The molecule has 3 rings (SSSR count). The fourth-order valence-corrected chi connectivity index (χ4v) is 3.59. The first-order valence-electron chi connectivity index (χ1n) is 6.90. The number of rotatable bonds is 3. The highest BCUT2D eigenvalue weighted by atomic mass is 16.3. The second-order valence-electron chi connectivity index (χ2n) is 5.29. The molecule has 20 heavy (non-hydrogen) atoms. The summed E-state index contributed by atoms with van der Waals surface area (Å²) >= 11 is 0. The second kappa shape index (κ2) is 4.09. The van der Waals surface area contributed by atoms with Gasteiger partial charge in [-0.25, -0.2) is 19.2 Å². The molecule has 3 heterocycles. The van der Waals surface area contributed by atoms with E-state index in [1.165, 1.54) is 6.07 Å². The lowest BCUT2D eigenvalue weighted by Crippen LogP contribution is -2.74. The largest absolute Gasteiger partial charge is 0.399 e. The van der Waals surface area contributed by atoms with E-state index in [2.05, 4.69) is 25.4 Å². The molecule has 2 aromatic rings. The summed E-state index contributed by atoms with van der Waals surface area (Å²) in [5.74, 6) is 0.637. The molecule has 0 saturated carbocycles. The summed E-state index contributed by atoms with van der Waals surface area (Å²) in [5, 5.41) is 12.3. The Kier molecular flexibility index (Phi) is 2.60. The minimum atomic E-state index is -1.25. The lowest BCUT2D eigenvalue weighted by Gasteiger charge is -2.28.